The summed E-state index contributed by atoms with van der Waals surface area (Å²) in [6.07, 6.45) is 1.47. The van der Waals surface area contributed by atoms with Gasteiger partial charge in [0.05, 0.1) is 17.5 Å². The van der Waals surface area contributed by atoms with Gasteiger partial charge in [-0.15, -0.1) is 0 Å². The number of fused-ring (bicyclic) bond motifs is 2. The highest BCUT2D eigenvalue weighted by atomic mass is 35.5. The quantitative estimate of drug-likeness (QED) is 0.526. The second-order valence-corrected chi connectivity index (χ2v) is 9.69. The van der Waals surface area contributed by atoms with Gasteiger partial charge in [-0.2, -0.15) is 5.26 Å². The molecule has 0 aromatic heterocycles. The van der Waals surface area contributed by atoms with Crippen LogP contribution in [0.4, 0.5) is 5.69 Å². The highest BCUT2D eigenvalue weighted by molar-refractivity contribution is 6.32. The van der Waals surface area contributed by atoms with Gasteiger partial charge < -0.3 is 14.6 Å². The minimum absolute atomic E-state index is 0.326. The number of amides is 1. The summed E-state index contributed by atoms with van der Waals surface area (Å²) in [5.74, 6) is -1.33. The number of carbonyl (C=O) groups is 2. The summed E-state index contributed by atoms with van der Waals surface area (Å²) in [6, 6.07) is 18.7. The van der Waals surface area contributed by atoms with Crippen LogP contribution in [0, 0.1) is 11.3 Å². The highest BCUT2D eigenvalue weighted by Crippen LogP contribution is 2.52. The van der Waals surface area contributed by atoms with Crippen molar-refractivity contribution in [3.63, 3.8) is 0 Å². The Morgan fingerprint density at radius 1 is 1.06 bits per heavy atom. The van der Waals surface area contributed by atoms with Gasteiger partial charge >= 0.3 is 5.97 Å². The van der Waals surface area contributed by atoms with Gasteiger partial charge in [-0.25, -0.2) is 0 Å². The molecule has 1 N–H and O–H groups in total. The van der Waals surface area contributed by atoms with E-state index in [1.165, 1.54) is 4.90 Å². The normalized spacial score (nSPS) is 21.3. The molecule has 3 aliphatic rings. The van der Waals surface area contributed by atoms with E-state index in [1.807, 2.05) is 0 Å². The van der Waals surface area contributed by atoms with Crippen molar-refractivity contribution in [2.45, 2.75) is 30.2 Å². The second kappa shape index (κ2) is 8.28. The molecule has 1 fully saturated rings. The molecule has 2 unspecified atom stereocenters. The molecule has 2 heterocycles. The number of rotatable bonds is 4. The van der Waals surface area contributed by atoms with Crippen LogP contribution in [0.1, 0.15) is 51.8 Å². The lowest BCUT2D eigenvalue weighted by atomic mass is 9.79. The molecule has 0 saturated heterocycles. The highest BCUT2D eigenvalue weighted by Gasteiger charge is 2.48. The number of carboxylic acid groups (broad SMARTS) is 1. The SMILES string of the molecule is N#CC1(c2ccc(N3C(=O)c4ccccc4C(C(=O)O)C3c3ccc4c(c3)OCCO4)cc2Cl)CC1. The Hall–Kier alpha value is -4.02. The first-order valence-electron chi connectivity index (χ1n) is 11.7. The van der Waals surface area contributed by atoms with Gasteiger partial charge in [0.2, 0.25) is 0 Å². The molecule has 0 bridgehead atoms. The molecule has 180 valence electrons. The molecule has 1 aliphatic carbocycles. The van der Waals surface area contributed by atoms with Crippen LogP contribution >= 0.6 is 11.6 Å². The lowest BCUT2D eigenvalue weighted by molar-refractivity contribution is -0.139. The van der Waals surface area contributed by atoms with Gasteiger partial charge in [0.25, 0.3) is 5.91 Å². The van der Waals surface area contributed by atoms with E-state index in [-0.39, 0.29) is 5.91 Å². The fourth-order valence-electron chi connectivity index (χ4n) is 5.28. The van der Waals surface area contributed by atoms with Crippen molar-refractivity contribution in [2.24, 2.45) is 0 Å². The summed E-state index contributed by atoms with van der Waals surface area (Å²) in [5.41, 5.74) is 1.98. The van der Waals surface area contributed by atoms with Crippen molar-refractivity contribution < 1.29 is 24.2 Å². The lowest BCUT2D eigenvalue weighted by Gasteiger charge is -2.41. The number of ether oxygens (including phenoxy) is 2. The first-order chi connectivity index (χ1) is 17.4. The van der Waals surface area contributed by atoms with E-state index >= 15 is 0 Å². The molecule has 6 rings (SSSR count). The van der Waals surface area contributed by atoms with Gasteiger partial charge in [-0.05, 0) is 59.9 Å². The first-order valence-corrected chi connectivity index (χ1v) is 12.1. The molecule has 7 nitrogen and oxygen atoms in total. The molecule has 2 aliphatic heterocycles. The van der Waals surface area contributed by atoms with Crippen LogP contribution in [0.2, 0.25) is 5.02 Å². The predicted molar refractivity (Wildman–Crippen MR) is 132 cm³/mol. The molecule has 0 spiro atoms. The van der Waals surface area contributed by atoms with Crippen LogP contribution in [0.15, 0.2) is 60.7 Å². The molecular formula is C28H21ClN2O5. The molecule has 0 radical (unpaired) electrons. The zero-order valence-electron chi connectivity index (χ0n) is 19.1. The smallest absolute Gasteiger partial charge is 0.313 e. The van der Waals surface area contributed by atoms with Crippen LogP contribution in [0.5, 0.6) is 11.5 Å². The number of carboxylic acids is 1. The van der Waals surface area contributed by atoms with Gasteiger partial charge in [0.15, 0.2) is 11.5 Å². The summed E-state index contributed by atoms with van der Waals surface area (Å²) >= 11 is 6.65. The van der Waals surface area contributed by atoms with Gasteiger partial charge in [-0.3, -0.25) is 14.5 Å². The van der Waals surface area contributed by atoms with E-state index in [2.05, 4.69) is 6.07 Å². The van der Waals surface area contributed by atoms with E-state index < -0.39 is 23.3 Å². The molecule has 3 aromatic rings. The van der Waals surface area contributed by atoms with Crippen LogP contribution in [-0.2, 0) is 10.2 Å². The maximum absolute atomic E-state index is 13.9. The number of hydrogen-bond donors (Lipinski definition) is 1. The minimum atomic E-state index is -1.05. The second-order valence-electron chi connectivity index (χ2n) is 9.28. The summed E-state index contributed by atoms with van der Waals surface area (Å²) < 4.78 is 11.4. The fourth-order valence-corrected chi connectivity index (χ4v) is 5.63. The van der Waals surface area contributed by atoms with Crippen LogP contribution < -0.4 is 14.4 Å². The number of anilines is 1. The Balaban J connectivity index is 1.54. The van der Waals surface area contributed by atoms with Crippen LogP contribution in [0.25, 0.3) is 0 Å². The van der Waals surface area contributed by atoms with E-state index in [0.29, 0.717) is 52.1 Å². The van der Waals surface area contributed by atoms with Gasteiger partial charge in [0, 0.05) is 16.3 Å². The average Bonchev–Trinajstić information content (AvgIpc) is 3.69. The van der Waals surface area contributed by atoms with Crippen molar-refractivity contribution >= 4 is 29.2 Å². The molecule has 3 aromatic carbocycles. The number of halogens is 1. The zero-order chi connectivity index (χ0) is 25.0. The summed E-state index contributed by atoms with van der Waals surface area (Å²) in [5, 5.41) is 20.4. The van der Waals surface area contributed by atoms with Crippen molar-refractivity contribution in [3.8, 4) is 17.6 Å². The Kier molecular flexibility index (Phi) is 5.16. The average molecular weight is 501 g/mol. The number of carbonyl (C=O) groups excluding carboxylic acids is 1. The topological polar surface area (TPSA) is 99.9 Å². The monoisotopic (exact) mass is 500 g/mol. The van der Waals surface area contributed by atoms with E-state index in [4.69, 9.17) is 21.1 Å². The van der Waals surface area contributed by atoms with Gasteiger partial charge in [0.1, 0.15) is 19.1 Å². The Morgan fingerprint density at radius 3 is 2.50 bits per heavy atom. The molecule has 1 saturated carbocycles. The van der Waals surface area contributed by atoms with E-state index in [9.17, 15) is 20.0 Å². The molecular weight excluding hydrogens is 480 g/mol. The number of hydrogen-bond acceptors (Lipinski definition) is 5. The third-order valence-electron chi connectivity index (χ3n) is 7.22. The van der Waals surface area contributed by atoms with E-state index in [1.54, 1.807) is 60.7 Å². The Labute approximate surface area is 212 Å². The largest absolute Gasteiger partial charge is 0.486 e. The maximum atomic E-state index is 13.9. The maximum Gasteiger partial charge on any atom is 0.313 e. The fraction of sp³-hybridized carbons (Fsp3) is 0.250. The third kappa shape index (κ3) is 3.41. The standard InChI is InChI=1S/C28H21ClN2O5/c29-21-14-17(6-7-20(21)28(15-30)9-10-28)31-25(16-5-8-22-23(13-16)36-12-11-35-22)24(27(33)34)18-3-1-2-4-19(18)26(31)32/h1-8,13-14,24-25H,9-12H2,(H,33,34). The minimum Gasteiger partial charge on any atom is -0.486 e. The summed E-state index contributed by atoms with van der Waals surface area (Å²) in [6.45, 7) is 0.813. The number of benzene rings is 3. The lowest BCUT2D eigenvalue weighted by Crippen LogP contribution is -2.45. The number of nitriles is 1. The Bertz CT molecular complexity index is 1460. The third-order valence-corrected chi connectivity index (χ3v) is 7.54. The zero-order valence-corrected chi connectivity index (χ0v) is 19.9. The summed E-state index contributed by atoms with van der Waals surface area (Å²) in [7, 11) is 0. The number of nitrogens with zero attached hydrogens (tertiary/aromatic N) is 2. The molecule has 2 atom stereocenters. The Morgan fingerprint density at radius 2 is 1.81 bits per heavy atom. The van der Waals surface area contributed by atoms with Crippen molar-refractivity contribution in [1.29, 1.82) is 5.26 Å². The van der Waals surface area contributed by atoms with Crippen molar-refractivity contribution in [3.05, 3.63) is 87.9 Å². The molecule has 36 heavy (non-hydrogen) atoms. The van der Waals surface area contributed by atoms with Crippen LogP contribution in [0.3, 0.4) is 0 Å². The molecule has 8 heteroatoms. The molecule has 1 amide bonds. The van der Waals surface area contributed by atoms with Gasteiger partial charge in [-0.1, -0.05) is 41.9 Å². The van der Waals surface area contributed by atoms with E-state index in [0.717, 1.165) is 18.4 Å². The first kappa shape index (κ1) is 22.4. The van der Waals surface area contributed by atoms with Crippen LogP contribution in [-0.4, -0.2) is 30.2 Å². The predicted octanol–water partition coefficient (Wildman–Crippen LogP) is 5.24. The number of aliphatic carboxylic acids is 1. The summed E-state index contributed by atoms with van der Waals surface area (Å²) in [4.78, 5) is 28.1. The van der Waals surface area contributed by atoms with Crippen molar-refractivity contribution in [1.82, 2.24) is 0 Å². The van der Waals surface area contributed by atoms with Crippen molar-refractivity contribution in [2.75, 3.05) is 18.1 Å².